The van der Waals surface area contributed by atoms with E-state index < -0.39 is 0 Å². The van der Waals surface area contributed by atoms with E-state index in [1.165, 1.54) is 6.33 Å². The standard InChI is InChI=1S/C10H18N4O/c1-8-9(11-5-6-14(2)3)12-7-13-10(8)15-4/h7H,5-6H2,1-4H3,(H,11,12,13). The van der Waals surface area contributed by atoms with Crippen LogP contribution in [0, 0.1) is 6.92 Å². The number of rotatable bonds is 5. The number of aromatic nitrogens is 2. The highest BCUT2D eigenvalue weighted by Gasteiger charge is 2.05. The second kappa shape index (κ2) is 5.50. The Bertz CT molecular complexity index is 314. The van der Waals surface area contributed by atoms with E-state index >= 15 is 0 Å². The Kier molecular flexibility index (Phi) is 4.30. The summed E-state index contributed by atoms with van der Waals surface area (Å²) in [4.78, 5) is 10.3. The Labute approximate surface area is 90.5 Å². The van der Waals surface area contributed by atoms with E-state index in [1.54, 1.807) is 7.11 Å². The minimum atomic E-state index is 0.623. The molecule has 0 aromatic carbocycles. The predicted octanol–water partition coefficient (Wildman–Crippen LogP) is 0.767. The fourth-order valence-electron chi connectivity index (χ4n) is 1.22. The summed E-state index contributed by atoms with van der Waals surface area (Å²) in [6.07, 6.45) is 1.50. The molecule has 0 aliphatic carbocycles. The van der Waals surface area contributed by atoms with Crippen LogP contribution in [0.1, 0.15) is 5.56 Å². The molecule has 0 unspecified atom stereocenters. The maximum absolute atomic E-state index is 5.11. The molecule has 15 heavy (non-hydrogen) atoms. The lowest BCUT2D eigenvalue weighted by atomic mass is 10.3. The largest absolute Gasteiger partial charge is 0.481 e. The maximum Gasteiger partial charge on any atom is 0.221 e. The summed E-state index contributed by atoms with van der Waals surface area (Å²) >= 11 is 0. The number of hydrogen-bond donors (Lipinski definition) is 1. The molecule has 1 aromatic heterocycles. The van der Waals surface area contributed by atoms with Crippen molar-refractivity contribution in [3.05, 3.63) is 11.9 Å². The molecule has 0 atom stereocenters. The van der Waals surface area contributed by atoms with E-state index in [4.69, 9.17) is 4.74 Å². The molecule has 5 nitrogen and oxygen atoms in total. The lowest BCUT2D eigenvalue weighted by Crippen LogP contribution is -2.21. The number of anilines is 1. The summed E-state index contributed by atoms with van der Waals surface area (Å²) in [6.45, 7) is 3.76. The third-order valence-electron chi connectivity index (χ3n) is 2.08. The first-order valence-electron chi connectivity index (χ1n) is 4.89. The first kappa shape index (κ1) is 11.7. The Balaban J connectivity index is 2.61. The smallest absolute Gasteiger partial charge is 0.221 e. The van der Waals surface area contributed by atoms with Crippen molar-refractivity contribution < 1.29 is 4.74 Å². The lowest BCUT2D eigenvalue weighted by molar-refractivity contribution is 0.393. The van der Waals surface area contributed by atoms with Gasteiger partial charge in [0.25, 0.3) is 0 Å². The summed E-state index contributed by atoms with van der Waals surface area (Å²) < 4.78 is 5.11. The molecule has 0 spiro atoms. The van der Waals surface area contributed by atoms with Crippen LogP contribution in [0.5, 0.6) is 5.88 Å². The van der Waals surface area contributed by atoms with Gasteiger partial charge in [-0.05, 0) is 21.0 Å². The number of likely N-dealkylation sites (N-methyl/N-ethyl adjacent to an activating group) is 1. The van der Waals surface area contributed by atoms with Crippen LogP contribution in [0.15, 0.2) is 6.33 Å². The molecule has 0 fully saturated rings. The Morgan fingerprint density at radius 3 is 2.73 bits per heavy atom. The lowest BCUT2D eigenvalue weighted by Gasteiger charge is -2.13. The molecule has 0 aliphatic heterocycles. The number of nitrogens with one attached hydrogen (secondary N) is 1. The highest BCUT2D eigenvalue weighted by molar-refractivity contribution is 5.47. The zero-order valence-corrected chi connectivity index (χ0v) is 9.74. The zero-order valence-electron chi connectivity index (χ0n) is 9.74. The molecule has 1 N–H and O–H groups in total. The van der Waals surface area contributed by atoms with Crippen LogP contribution in [-0.4, -0.2) is 49.2 Å². The molecule has 0 aliphatic rings. The van der Waals surface area contributed by atoms with Gasteiger partial charge in [-0.2, -0.15) is 0 Å². The molecule has 0 saturated carbocycles. The fourth-order valence-corrected chi connectivity index (χ4v) is 1.22. The van der Waals surface area contributed by atoms with Crippen LogP contribution >= 0.6 is 0 Å². The van der Waals surface area contributed by atoms with Crippen LogP contribution in [-0.2, 0) is 0 Å². The van der Waals surface area contributed by atoms with Crippen molar-refractivity contribution in [3.8, 4) is 5.88 Å². The molecular formula is C10H18N4O. The maximum atomic E-state index is 5.11. The van der Waals surface area contributed by atoms with Gasteiger partial charge < -0.3 is 15.0 Å². The van der Waals surface area contributed by atoms with Gasteiger partial charge in [0.15, 0.2) is 0 Å². The highest BCUT2D eigenvalue weighted by atomic mass is 16.5. The Hall–Kier alpha value is -1.36. The first-order chi connectivity index (χ1) is 7.15. The van der Waals surface area contributed by atoms with Gasteiger partial charge in [0, 0.05) is 13.1 Å². The predicted molar refractivity (Wildman–Crippen MR) is 60.4 cm³/mol. The molecule has 0 radical (unpaired) electrons. The average Bonchev–Trinajstić information content (AvgIpc) is 2.20. The van der Waals surface area contributed by atoms with Crippen molar-refractivity contribution in [1.82, 2.24) is 14.9 Å². The van der Waals surface area contributed by atoms with Crippen molar-refractivity contribution in [3.63, 3.8) is 0 Å². The van der Waals surface area contributed by atoms with Crippen molar-refractivity contribution in [2.24, 2.45) is 0 Å². The summed E-state index contributed by atoms with van der Waals surface area (Å²) in [5.41, 5.74) is 0.943. The van der Waals surface area contributed by atoms with Gasteiger partial charge in [-0.15, -0.1) is 0 Å². The minimum absolute atomic E-state index is 0.623. The quantitative estimate of drug-likeness (QED) is 0.778. The summed E-state index contributed by atoms with van der Waals surface area (Å²) in [5.74, 6) is 1.46. The van der Waals surface area contributed by atoms with Crippen LogP contribution in [0.25, 0.3) is 0 Å². The second-order valence-corrected chi connectivity index (χ2v) is 3.59. The van der Waals surface area contributed by atoms with E-state index in [9.17, 15) is 0 Å². The van der Waals surface area contributed by atoms with Gasteiger partial charge in [-0.3, -0.25) is 0 Å². The molecule has 0 amide bonds. The van der Waals surface area contributed by atoms with Crippen LogP contribution < -0.4 is 10.1 Å². The summed E-state index contributed by atoms with van der Waals surface area (Å²) in [6, 6.07) is 0. The van der Waals surface area contributed by atoms with Gasteiger partial charge in [0.2, 0.25) is 5.88 Å². The van der Waals surface area contributed by atoms with E-state index in [2.05, 4.69) is 20.2 Å². The molecule has 1 aromatic rings. The SMILES string of the molecule is COc1ncnc(NCCN(C)C)c1C. The monoisotopic (exact) mass is 210 g/mol. The Morgan fingerprint density at radius 2 is 2.13 bits per heavy atom. The van der Waals surface area contributed by atoms with E-state index in [0.29, 0.717) is 5.88 Å². The van der Waals surface area contributed by atoms with E-state index in [0.717, 1.165) is 24.5 Å². The minimum Gasteiger partial charge on any atom is -0.481 e. The first-order valence-corrected chi connectivity index (χ1v) is 4.89. The number of nitrogens with zero attached hydrogens (tertiary/aromatic N) is 3. The van der Waals surface area contributed by atoms with Crippen molar-refractivity contribution in [2.75, 3.05) is 39.6 Å². The molecule has 5 heteroatoms. The average molecular weight is 210 g/mol. The van der Waals surface area contributed by atoms with Gasteiger partial charge in [-0.25, -0.2) is 9.97 Å². The molecule has 1 rings (SSSR count). The van der Waals surface area contributed by atoms with E-state index in [-0.39, 0.29) is 0 Å². The number of ether oxygens (including phenoxy) is 1. The summed E-state index contributed by atoms with van der Waals surface area (Å²) in [5, 5.41) is 3.25. The topological polar surface area (TPSA) is 50.3 Å². The van der Waals surface area contributed by atoms with Crippen LogP contribution in [0.4, 0.5) is 5.82 Å². The summed E-state index contributed by atoms with van der Waals surface area (Å²) in [7, 11) is 5.68. The van der Waals surface area contributed by atoms with Crippen molar-refractivity contribution in [1.29, 1.82) is 0 Å². The van der Waals surface area contributed by atoms with Gasteiger partial charge in [0.1, 0.15) is 12.1 Å². The van der Waals surface area contributed by atoms with E-state index in [1.807, 2.05) is 21.0 Å². The molecule has 1 heterocycles. The fraction of sp³-hybridized carbons (Fsp3) is 0.600. The van der Waals surface area contributed by atoms with Crippen LogP contribution in [0.2, 0.25) is 0 Å². The highest BCUT2D eigenvalue weighted by Crippen LogP contribution is 2.19. The van der Waals surface area contributed by atoms with Gasteiger partial charge >= 0.3 is 0 Å². The third kappa shape index (κ3) is 3.36. The number of hydrogen-bond acceptors (Lipinski definition) is 5. The Morgan fingerprint density at radius 1 is 1.40 bits per heavy atom. The van der Waals surface area contributed by atoms with Gasteiger partial charge in [0.05, 0.1) is 12.7 Å². The molecule has 0 bridgehead atoms. The number of methoxy groups -OCH3 is 1. The normalized spacial score (nSPS) is 10.5. The molecule has 0 saturated heterocycles. The molecule has 84 valence electrons. The zero-order chi connectivity index (χ0) is 11.3. The molecular weight excluding hydrogens is 192 g/mol. The van der Waals surface area contributed by atoms with Crippen molar-refractivity contribution in [2.45, 2.75) is 6.92 Å². The second-order valence-electron chi connectivity index (χ2n) is 3.59. The van der Waals surface area contributed by atoms with Gasteiger partial charge in [-0.1, -0.05) is 0 Å². The van der Waals surface area contributed by atoms with Crippen LogP contribution in [0.3, 0.4) is 0 Å². The van der Waals surface area contributed by atoms with Crippen molar-refractivity contribution >= 4 is 5.82 Å². The third-order valence-corrected chi connectivity index (χ3v) is 2.08.